The van der Waals surface area contributed by atoms with Crippen LogP contribution in [-0.2, 0) is 0 Å². The van der Waals surface area contributed by atoms with Crippen LogP contribution in [0.3, 0.4) is 0 Å². The van der Waals surface area contributed by atoms with Crippen LogP contribution in [0.1, 0.15) is 135 Å². The average Bonchev–Trinajstić information content (AvgIpc) is 3.14. The highest BCUT2D eigenvalue weighted by molar-refractivity contribution is 5.21. The second kappa shape index (κ2) is 18.3. The lowest BCUT2D eigenvalue weighted by Gasteiger charge is -2.04. The van der Waals surface area contributed by atoms with Gasteiger partial charge in [0.2, 0.25) is 0 Å². The first-order valence-electron chi connectivity index (χ1n) is 11.7. The number of hydrogen-bond acceptors (Lipinski definition) is 0. The summed E-state index contributed by atoms with van der Waals surface area (Å²) in [5, 5.41) is 0. The third-order valence-corrected chi connectivity index (χ3v) is 5.57. The van der Waals surface area contributed by atoms with Gasteiger partial charge in [0.1, 0.15) is 0 Å². The summed E-state index contributed by atoms with van der Waals surface area (Å²) < 4.78 is 0. The fourth-order valence-corrected chi connectivity index (χ4v) is 3.84. The lowest BCUT2D eigenvalue weighted by Crippen LogP contribution is -1.84. The standard InChI is InChI=1S/C25H45/c1-2-3-4-5-6-7-8-9-10-11-12-13-14-15-16-17-18-19-22-25-23-20-21-24-25/h20,23H,2-19,21-22H2,1H3. The second-order valence-corrected chi connectivity index (χ2v) is 8.07. The van der Waals surface area contributed by atoms with Gasteiger partial charge in [-0.05, 0) is 30.9 Å². The van der Waals surface area contributed by atoms with E-state index in [0.29, 0.717) is 0 Å². The Morgan fingerprint density at radius 1 is 0.600 bits per heavy atom. The Labute approximate surface area is 159 Å². The molecule has 0 aliphatic heterocycles. The zero-order chi connectivity index (χ0) is 17.8. The maximum Gasteiger partial charge on any atom is -0.00885 e. The molecule has 1 aliphatic rings. The molecule has 0 bridgehead atoms. The van der Waals surface area contributed by atoms with Crippen molar-refractivity contribution in [1.82, 2.24) is 0 Å². The molecule has 1 aliphatic carbocycles. The van der Waals surface area contributed by atoms with E-state index in [0.717, 1.165) is 6.42 Å². The Bertz CT molecular complexity index is 323. The summed E-state index contributed by atoms with van der Waals surface area (Å²) in [4.78, 5) is 0. The normalized spacial score (nSPS) is 13.6. The maximum absolute atomic E-state index is 3.42. The van der Waals surface area contributed by atoms with Crippen LogP contribution in [-0.4, -0.2) is 0 Å². The minimum absolute atomic E-state index is 1.05. The smallest absolute Gasteiger partial charge is 0.00885 e. The molecule has 0 aromatic heterocycles. The van der Waals surface area contributed by atoms with Crippen molar-refractivity contribution < 1.29 is 0 Å². The van der Waals surface area contributed by atoms with E-state index in [1.54, 1.807) is 0 Å². The molecule has 0 aromatic rings. The third kappa shape index (κ3) is 15.5. The van der Waals surface area contributed by atoms with Crippen LogP contribution in [0.4, 0.5) is 0 Å². The van der Waals surface area contributed by atoms with E-state index in [1.165, 1.54) is 128 Å². The summed E-state index contributed by atoms with van der Waals surface area (Å²) in [6.07, 6.45) is 36.4. The zero-order valence-electron chi connectivity index (χ0n) is 17.3. The lowest BCUT2D eigenvalue weighted by molar-refractivity contribution is 0.525. The van der Waals surface area contributed by atoms with Crippen molar-refractivity contribution in [2.45, 2.75) is 135 Å². The van der Waals surface area contributed by atoms with E-state index in [2.05, 4.69) is 25.2 Å². The Kier molecular flexibility index (Phi) is 16.5. The fraction of sp³-hybridized carbons (Fsp3) is 0.840. The molecule has 0 fully saturated rings. The predicted octanol–water partition coefficient (Wildman–Crippen LogP) is 9.11. The topological polar surface area (TPSA) is 0 Å². The van der Waals surface area contributed by atoms with Crippen molar-refractivity contribution >= 4 is 0 Å². The fourth-order valence-electron chi connectivity index (χ4n) is 3.84. The van der Waals surface area contributed by atoms with E-state index in [1.807, 2.05) is 0 Å². The highest BCUT2D eigenvalue weighted by atomic mass is 14.0. The Hall–Kier alpha value is -0.520. The minimum Gasteiger partial charge on any atom is -0.0798 e. The molecular weight excluding hydrogens is 300 g/mol. The summed E-state index contributed by atoms with van der Waals surface area (Å²) in [6.45, 7) is 2.30. The molecule has 25 heavy (non-hydrogen) atoms. The van der Waals surface area contributed by atoms with Gasteiger partial charge in [-0.25, -0.2) is 0 Å². The van der Waals surface area contributed by atoms with E-state index in [-0.39, 0.29) is 0 Å². The molecule has 0 spiro atoms. The molecule has 1 radical (unpaired) electrons. The van der Waals surface area contributed by atoms with E-state index < -0.39 is 0 Å². The van der Waals surface area contributed by atoms with Crippen LogP contribution < -0.4 is 0 Å². The van der Waals surface area contributed by atoms with Crippen LogP contribution in [0.25, 0.3) is 0 Å². The third-order valence-electron chi connectivity index (χ3n) is 5.57. The van der Waals surface area contributed by atoms with E-state index >= 15 is 0 Å². The van der Waals surface area contributed by atoms with Crippen LogP contribution >= 0.6 is 0 Å². The van der Waals surface area contributed by atoms with Crippen LogP contribution in [0.2, 0.25) is 0 Å². The number of hydrogen-bond donors (Lipinski definition) is 0. The van der Waals surface area contributed by atoms with Crippen LogP contribution in [0, 0.1) is 6.08 Å². The predicted molar refractivity (Wildman–Crippen MR) is 114 cm³/mol. The van der Waals surface area contributed by atoms with Gasteiger partial charge >= 0.3 is 0 Å². The zero-order valence-corrected chi connectivity index (χ0v) is 17.3. The van der Waals surface area contributed by atoms with Crippen LogP contribution in [0.15, 0.2) is 17.7 Å². The molecule has 0 heteroatoms. The van der Waals surface area contributed by atoms with Crippen molar-refractivity contribution in [2.75, 3.05) is 0 Å². The highest BCUT2D eigenvalue weighted by Crippen LogP contribution is 2.17. The number of unbranched alkanes of at least 4 members (excludes halogenated alkanes) is 17. The minimum atomic E-state index is 1.05. The van der Waals surface area contributed by atoms with Crippen molar-refractivity contribution in [2.24, 2.45) is 0 Å². The first-order valence-corrected chi connectivity index (χ1v) is 11.7. The summed E-state index contributed by atoms with van der Waals surface area (Å²) in [5.74, 6) is 0. The first-order chi connectivity index (χ1) is 12.4. The molecule has 0 atom stereocenters. The summed E-state index contributed by atoms with van der Waals surface area (Å²) in [5.41, 5.74) is 1.46. The molecule has 145 valence electrons. The van der Waals surface area contributed by atoms with Gasteiger partial charge in [-0.1, -0.05) is 128 Å². The van der Waals surface area contributed by atoms with Crippen molar-refractivity contribution in [3.8, 4) is 0 Å². The second-order valence-electron chi connectivity index (χ2n) is 8.07. The number of allylic oxidation sites excluding steroid dienone is 4. The van der Waals surface area contributed by atoms with Gasteiger partial charge in [0.15, 0.2) is 0 Å². The van der Waals surface area contributed by atoms with Gasteiger partial charge < -0.3 is 0 Å². The highest BCUT2D eigenvalue weighted by Gasteiger charge is 1.98. The molecular formula is C25H45. The lowest BCUT2D eigenvalue weighted by atomic mass is 10.0. The summed E-state index contributed by atoms with van der Waals surface area (Å²) in [6, 6.07) is 0. The first kappa shape index (κ1) is 22.5. The molecule has 0 saturated heterocycles. The van der Waals surface area contributed by atoms with Crippen molar-refractivity contribution in [3.05, 3.63) is 23.8 Å². The summed E-state index contributed by atoms with van der Waals surface area (Å²) >= 11 is 0. The van der Waals surface area contributed by atoms with Crippen molar-refractivity contribution in [1.29, 1.82) is 0 Å². The molecule has 0 amide bonds. The monoisotopic (exact) mass is 345 g/mol. The van der Waals surface area contributed by atoms with Crippen molar-refractivity contribution in [3.63, 3.8) is 0 Å². The van der Waals surface area contributed by atoms with Gasteiger partial charge in [-0.15, -0.1) is 0 Å². The van der Waals surface area contributed by atoms with Gasteiger partial charge in [-0.2, -0.15) is 0 Å². The Morgan fingerprint density at radius 3 is 1.36 bits per heavy atom. The molecule has 0 aromatic carbocycles. The van der Waals surface area contributed by atoms with E-state index in [4.69, 9.17) is 0 Å². The van der Waals surface area contributed by atoms with Gasteiger partial charge in [0.25, 0.3) is 0 Å². The van der Waals surface area contributed by atoms with Gasteiger partial charge in [-0.3, -0.25) is 0 Å². The molecule has 0 nitrogen and oxygen atoms in total. The Morgan fingerprint density at radius 2 is 1.00 bits per heavy atom. The quantitative estimate of drug-likeness (QED) is 0.205. The number of rotatable bonds is 19. The van der Waals surface area contributed by atoms with Gasteiger partial charge in [0.05, 0.1) is 0 Å². The largest absolute Gasteiger partial charge is 0.0798 e. The molecule has 0 heterocycles. The molecule has 0 N–H and O–H groups in total. The molecule has 0 saturated carbocycles. The van der Waals surface area contributed by atoms with Gasteiger partial charge in [0, 0.05) is 0 Å². The SMILES string of the molecule is CCCCCCCCCCCCCCCCCCCCC1=[C]CC=C1. The Balaban J connectivity index is 1.65. The maximum atomic E-state index is 3.42. The molecule has 1 rings (SSSR count). The van der Waals surface area contributed by atoms with E-state index in [9.17, 15) is 0 Å². The molecule has 0 unspecified atom stereocenters. The average molecular weight is 346 g/mol. The van der Waals surface area contributed by atoms with Crippen LogP contribution in [0.5, 0.6) is 0 Å². The summed E-state index contributed by atoms with van der Waals surface area (Å²) in [7, 11) is 0.